The first-order valence-corrected chi connectivity index (χ1v) is 6.76. The summed E-state index contributed by atoms with van der Waals surface area (Å²) in [5.74, 6) is -0.214. The number of hydrogen-bond acceptors (Lipinski definition) is 3. The first kappa shape index (κ1) is 14.3. The van der Waals surface area contributed by atoms with Crippen LogP contribution in [0.2, 0.25) is 0 Å². The van der Waals surface area contributed by atoms with Crippen molar-refractivity contribution in [2.24, 2.45) is 0 Å². The molecule has 1 aromatic carbocycles. The highest BCUT2D eigenvalue weighted by molar-refractivity contribution is 6.19. The van der Waals surface area contributed by atoms with Crippen molar-refractivity contribution >= 4 is 34.5 Å². The lowest BCUT2D eigenvalue weighted by Gasteiger charge is -2.04. The predicted octanol–water partition coefficient (Wildman–Crippen LogP) is 2.96. The number of carbonyl (C=O) groups excluding carboxylic acids is 1. The Hall–Kier alpha value is -2.07. The Morgan fingerprint density at radius 3 is 2.95 bits per heavy atom. The Labute approximate surface area is 121 Å². The molecule has 0 aliphatic heterocycles. The molecule has 0 spiro atoms. The van der Waals surface area contributed by atoms with Gasteiger partial charge in [0, 0.05) is 23.0 Å². The number of pyridine rings is 1. The molecule has 0 bridgehead atoms. The lowest BCUT2D eigenvalue weighted by Crippen LogP contribution is -2.18. The first-order valence-electron chi connectivity index (χ1n) is 6.22. The van der Waals surface area contributed by atoms with Gasteiger partial charge in [-0.3, -0.25) is 4.79 Å². The zero-order valence-corrected chi connectivity index (χ0v) is 11.7. The van der Waals surface area contributed by atoms with Gasteiger partial charge < -0.3 is 9.72 Å². The van der Waals surface area contributed by atoms with E-state index in [1.54, 1.807) is 25.1 Å². The molecule has 1 N–H and O–H groups in total. The van der Waals surface area contributed by atoms with E-state index in [0.717, 1.165) is 5.56 Å². The van der Waals surface area contributed by atoms with Gasteiger partial charge in [-0.15, -0.1) is 11.6 Å². The van der Waals surface area contributed by atoms with Crippen LogP contribution in [-0.4, -0.2) is 23.4 Å². The summed E-state index contributed by atoms with van der Waals surface area (Å²) < 4.78 is 4.86. The van der Waals surface area contributed by atoms with Crippen LogP contribution in [0.3, 0.4) is 0 Å². The van der Waals surface area contributed by atoms with Gasteiger partial charge in [0.15, 0.2) is 0 Å². The number of esters is 1. The average molecular weight is 292 g/mol. The molecule has 104 valence electrons. The van der Waals surface area contributed by atoms with Crippen molar-refractivity contribution in [3.8, 4) is 0 Å². The highest BCUT2D eigenvalue weighted by atomic mass is 35.5. The van der Waals surface area contributed by atoms with Gasteiger partial charge in [0.05, 0.1) is 6.61 Å². The number of alkyl halides is 1. The lowest BCUT2D eigenvalue weighted by molar-refractivity contribution is 0.0524. The second-order valence-corrected chi connectivity index (χ2v) is 4.42. The van der Waals surface area contributed by atoms with E-state index in [9.17, 15) is 9.59 Å². The number of nitrogens with one attached hydrogen (secondary N) is 1. The van der Waals surface area contributed by atoms with E-state index in [4.69, 9.17) is 16.3 Å². The van der Waals surface area contributed by atoms with Crippen LogP contribution in [0.15, 0.2) is 35.3 Å². The van der Waals surface area contributed by atoms with E-state index < -0.39 is 5.97 Å². The van der Waals surface area contributed by atoms with E-state index >= 15 is 0 Å². The molecule has 0 atom stereocenters. The number of H-pyrrole nitrogens is 1. The summed E-state index contributed by atoms with van der Waals surface area (Å²) in [4.78, 5) is 26.9. The van der Waals surface area contributed by atoms with E-state index in [-0.39, 0.29) is 17.6 Å². The van der Waals surface area contributed by atoms with Gasteiger partial charge in [-0.25, -0.2) is 4.79 Å². The monoisotopic (exact) mass is 291 g/mol. The Kier molecular flexibility index (Phi) is 4.58. The Bertz CT molecular complexity index is 719. The summed E-state index contributed by atoms with van der Waals surface area (Å²) in [6.45, 7) is 1.93. The molecule has 4 nitrogen and oxygen atoms in total. The molecule has 0 aliphatic rings. The molecule has 0 unspecified atom stereocenters. The lowest BCUT2D eigenvalue weighted by atomic mass is 10.1. The summed E-state index contributed by atoms with van der Waals surface area (Å²) in [5.41, 5.74) is 1.20. The number of aromatic amines is 1. The molecule has 5 heteroatoms. The largest absolute Gasteiger partial charge is 0.462 e. The Balaban J connectivity index is 2.55. The second kappa shape index (κ2) is 6.39. The van der Waals surface area contributed by atoms with E-state index in [1.807, 2.05) is 12.1 Å². The van der Waals surface area contributed by atoms with Gasteiger partial charge in [-0.05, 0) is 24.6 Å². The molecule has 2 aromatic rings. The van der Waals surface area contributed by atoms with Gasteiger partial charge in [-0.1, -0.05) is 18.2 Å². The summed E-state index contributed by atoms with van der Waals surface area (Å²) in [5, 5.41) is 0.451. The van der Waals surface area contributed by atoms with Gasteiger partial charge >= 0.3 is 5.97 Å². The number of fused-ring (bicyclic) bond motifs is 1. The minimum atomic E-state index is -0.614. The maximum atomic E-state index is 12.3. The van der Waals surface area contributed by atoms with Crippen LogP contribution in [0.25, 0.3) is 17.0 Å². The number of ether oxygens (including phenoxy) is 1. The summed E-state index contributed by atoms with van der Waals surface area (Å²) in [7, 11) is 0. The average Bonchev–Trinajstić information content (AvgIpc) is 2.46. The van der Waals surface area contributed by atoms with E-state index in [1.165, 1.54) is 6.20 Å². The summed E-state index contributed by atoms with van der Waals surface area (Å²) in [6, 6.07) is 5.38. The van der Waals surface area contributed by atoms with Crippen LogP contribution < -0.4 is 5.43 Å². The van der Waals surface area contributed by atoms with E-state index in [0.29, 0.717) is 16.8 Å². The topological polar surface area (TPSA) is 59.2 Å². The van der Waals surface area contributed by atoms with Crippen LogP contribution in [0.5, 0.6) is 0 Å². The normalized spacial score (nSPS) is 11.1. The van der Waals surface area contributed by atoms with Crippen LogP contribution in [0, 0.1) is 0 Å². The molecular weight excluding hydrogens is 278 g/mol. The smallest absolute Gasteiger partial charge is 0.343 e. The van der Waals surface area contributed by atoms with Crippen molar-refractivity contribution in [3.63, 3.8) is 0 Å². The second-order valence-electron chi connectivity index (χ2n) is 4.11. The van der Waals surface area contributed by atoms with Gasteiger partial charge in [0.2, 0.25) is 5.43 Å². The number of carbonyl (C=O) groups is 1. The molecular formula is C15H14ClNO3. The number of hydrogen-bond donors (Lipinski definition) is 1. The van der Waals surface area contributed by atoms with Crippen molar-refractivity contribution in [1.29, 1.82) is 0 Å². The molecule has 0 saturated heterocycles. The minimum absolute atomic E-state index is 0.0119. The molecule has 0 amide bonds. The molecule has 1 aromatic heterocycles. The highest BCUT2D eigenvalue weighted by Gasteiger charge is 2.13. The third-order valence-electron chi connectivity index (χ3n) is 2.80. The van der Waals surface area contributed by atoms with Crippen LogP contribution in [0.1, 0.15) is 22.8 Å². The maximum Gasteiger partial charge on any atom is 0.343 e. The van der Waals surface area contributed by atoms with Crippen LogP contribution in [0.4, 0.5) is 0 Å². The predicted molar refractivity (Wildman–Crippen MR) is 80.3 cm³/mol. The number of benzene rings is 1. The number of allylic oxidation sites excluding steroid dienone is 1. The minimum Gasteiger partial charge on any atom is -0.462 e. The quantitative estimate of drug-likeness (QED) is 0.696. The zero-order valence-electron chi connectivity index (χ0n) is 11.0. The van der Waals surface area contributed by atoms with Crippen LogP contribution >= 0.6 is 11.6 Å². The molecule has 1 heterocycles. The SMILES string of the molecule is CCOC(=O)c1c[nH]c2ccc(C=CCCl)cc2c1=O. The van der Waals surface area contributed by atoms with Gasteiger partial charge in [-0.2, -0.15) is 0 Å². The maximum absolute atomic E-state index is 12.3. The van der Waals surface area contributed by atoms with Crippen molar-refractivity contribution in [2.45, 2.75) is 6.92 Å². The van der Waals surface area contributed by atoms with E-state index in [2.05, 4.69) is 4.98 Å². The number of aromatic nitrogens is 1. The van der Waals surface area contributed by atoms with Gasteiger partial charge in [0.1, 0.15) is 5.56 Å². The standard InChI is InChI=1S/C15H14ClNO3/c1-2-20-15(19)12-9-17-13-6-5-10(4-3-7-16)8-11(13)14(12)18/h3-6,8-9H,2,7H2,1H3,(H,17,18). The Morgan fingerprint density at radius 1 is 1.45 bits per heavy atom. The molecule has 0 aliphatic carbocycles. The van der Waals surface area contributed by atoms with Crippen molar-refractivity contribution in [3.05, 3.63) is 51.8 Å². The Morgan fingerprint density at radius 2 is 2.25 bits per heavy atom. The highest BCUT2D eigenvalue weighted by Crippen LogP contribution is 2.13. The summed E-state index contributed by atoms with van der Waals surface area (Å²) in [6.07, 6.45) is 4.99. The van der Waals surface area contributed by atoms with Crippen molar-refractivity contribution in [1.82, 2.24) is 4.98 Å². The fraction of sp³-hybridized carbons (Fsp3) is 0.200. The number of halogens is 1. The fourth-order valence-corrected chi connectivity index (χ4v) is 1.97. The van der Waals surface area contributed by atoms with Crippen molar-refractivity contribution in [2.75, 3.05) is 12.5 Å². The third-order valence-corrected chi connectivity index (χ3v) is 2.98. The molecule has 2 rings (SSSR count). The number of rotatable bonds is 4. The third kappa shape index (κ3) is 2.91. The molecule has 20 heavy (non-hydrogen) atoms. The first-order chi connectivity index (χ1) is 9.67. The molecule has 0 radical (unpaired) electrons. The van der Waals surface area contributed by atoms with Crippen molar-refractivity contribution < 1.29 is 9.53 Å². The zero-order chi connectivity index (χ0) is 14.5. The van der Waals surface area contributed by atoms with Gasteiger partial charge in [0.25, 0.3) is 0 Å². The van der Waals surface area contributed by atoms with Crippen LogP contribution in [-0.2, 0) is 4.74 Å². The summed E-state index contributed by atoms with van der Waals surface area (Å²) >= 11 is 5.59. The fourth-order valence-electron chi connectivity index (χ4n) is 1.88. The molecule has 0 fully saturated rings. The molecule has 0 saturated carbocycles.